The Bertz CT molecular complexity index is 829. The smallest absolute Gasteiger partial charge is 0.267 e. The summed E-state index contributed by atoms with van der Waals surface area (Å²) >= 11 is 0. The summed E-state index contributed by atoms with van der Waals surface area (Å²) in [6, 6.07) is 23.6. The molecule has 3 aromatic carbocycles. The lowest BCUT2D eigenvalue weighted by atomic mass is 10.1. The first-order valence-corrected chi connectivity index (χ1v) is 8.17. The Balaban J connectivity index is 1.79. The molecule has 0 bridgehead atoms. The molecule has 122 valence electrons. The van der Waals surface area contributed by atoms with Crippen LogP contribution in [-0.4, -0.2) is 19.1 Å². The number of hydrogen-bond donors (Lipinski definition) is 0. The van der Waals surface area contributed by atoms with E-state index in [2.05, 4.69) is 6.07 Å². The van der Waals surface area contributed by atoms with Crippen LogP contribution in [0, 0.1) is 0 Å². The summed E-state index contributed by atoms with van der Waals surface area (Å²) in [5, 5.41) is 2.26. The number of nitrogens with zero attached hydrogens (tertiary/aromatic N) is 1. The van der Waals surface area contributed by atoms with Crippen LogP contribution in [0.5, 0.6) is 5.75 Å². The predicted molar refractivity (Wildman–Crippen MR) is 98.5 cm³/mol. The Hall–Kier alpha value is -2.81. The molecule has 0 fully saturated rings. The van der Waals surface area contributed by atoms with Crippen LogP contribution in [0.15, 0.2) is 72.8 Å². The van der Waals surface area contributed by atoms with Gasteiger partial charge >= 0.3 is 0 Å². The molecule has 3 nitrogen and oxygen atoms in total. The van der Waals surface area contributed by atoms with Crippen LogP contribution in [0.25, 0.3) is 10.8 Å². The molecule has 0 unspecified atom stereocenters. The van der Waals surface area contributed by atoms with Crippen molar-refractivity contribution >= 4 is 22.4 Å². The van der Waals surface area contributed by atoms with E-state index in [-0.39, 0.29) is 5.91 Å². The summed E-state index contributed by atoms with van der Waals surface area (Å²) in [7, 11) is 1.78. The van der Waals surface area contributed by atoms with Gasteiger partial charge in [0.1, 0.15) is 5.75 Å². The number of carbonyl (C=O) groups is 1. The van der Waals surface area contributed by atoms with Crippen LogP contribution in [0.2, 0.25) is 0 Å². The summed E-state index contributed by atoms with van der Waals surface area (Å²) in [6.45, 7) is 1.96. The van der Waals surface area contributed by atoms with E-state index in [9.17, 15) is 4.79 Å². The van der Waals surface area contributed by atoms with E-state index in [4.69, 9.17) is 4.74 Å². The average Bonchev–Trinajstić information content (AvgIpc) is 2.65. The summed E-state index contributed by atoms with van der Waals surface area (Å²) in [4.78, 5) is 14.4. The first kappa shape index (κ1) is 16.1. The molecule has 0 radical (unpaired) electrons. The lowest BCUT2D eigenvalue weighted by molar-refractivity contribution is -0.125. The molecule has 0 saturated carbocycles. The van der Waals surface area contributed by atoms with Crippen LogP contribution in [0.1, 0.15) is 13.3 Å². The van der Waals surface area contributed by atoms with Gasteiger partial charge in [0.25, 0.3) is 5.91 Å². The van der Waals surface area contributed by atoms with Crippen molar-refractivity contribution in [2.45, 2.75) is 19.4 Å². The Kier molecular flexibility index (Phi) is 4.80. The van der Waals surface area contributed by atoms with Crippen molar-refractivity contribution in [3.63, 3.8) is 0 Å². The number of anilines is 1. The fourth-order valence-electron chi connectivity index (χ4n) is 2.71. The molecule has 0 aliphatic rings. The lowest BCUT2D eigenvalue weighted by Crippen LogP contribution is -2.39. The molecule has 0 heterocycles. The zero-order valence-electron chi connectivity index (χ0n) is 14.0. The quantitative estimate of drug-likeness (QED) is 0.684. The third-order valence-corrected chi connectivity index (χ3v) is 4.12. The highest BCUT2D eigenvalue weighted by Crippen LogP contribution is 2.23. The van der Waals surface area contributed by atoms with Gasteiger partial charge in [-0.3, -0.25) is 4.79 Å². The maximum atomic E-state index is 12.7. The van der Waals surface area contributed by atoms with Crippen molar-refractivity contribution in [3.8, 4) is 5.75 Å². The molecule has 3 aromatic rings. The molecule has 1 amide bonds. The van der Waals surface area contributed by atoms with Gasteiger partial charge in [-0.2, -0.15) is 0 Å². The largest absolute Gasteiger partial charge is 0.481 e. The molecule has 0 aliphatic heterocycles. The standard InChI is InChI=1S/C21H21NO2/c1-3-20(21(23)22(2)18-11-5-4-6-12-18)24-19-14-13-16-9-7-8-10-17(16)15-19/h4-15,20H,3H2,1-2H3/t20-/m1/s1. The minimum Gasteiger partial charge on any atom is -0.481 e. The first-order valence-electron chi connectivity index (χ1n) is 8.17. The minimum atomic E-state index is -0.503. The van der Waals surface area contributed by atoms with E-state index < -0.39 is 6.10 Å². The molecule has 0 spiro atoms. The van der Waals surface area contributed by atoms with Gasteiger partial charge in [-0.15, -0.1) is 0 Å². The zero-order chi connectivity index (χ0) is 16.9. The highest BCUT2D eigenvalue weighted by molar-refractivity contribution is 5.96. The summed E-state index contributed by atoms with van der Waals surface area (Å²) in [5.74, 6) is 0.673. The van der Waals surface area contributed by atoms with E-state index in [0.717, 1.165) is 22.2 Å². The third-order valence-electron chi connectivity index (χ3n) is 4.12. The number of carbonyl (C=O) groups excluding carboxylic acids is 1. The number of benzene rings is 3. The number of likely N-dealkylation sites (N-methyl/N-ethyl adjacent to an activating group) is 1. The van der Waals surface area contributed by atoms with Crippen molar-refractivity contribution < 1.29 is 9.53 Å². The fourth-order valence-corrected chi connectivity index (χ4v) is 2.71. The first-order chi connectivity index (χ1) is 11.7. The molecule has 0 aromatic heterocycles. The summed E-state index contributed by atoms with van der Waals surface area (Å²) < 4.78 is 5.98. The Morgan fingerprint density at radius 3 is 2.33 bits per heavy atom. The van der Waals surface area contributed by atoms with Crippen molar-refractivity contribution in [3.05, 3.63) is 72.8 Å². The van der Waals surface area contributed by atoms with Crippen LogP contribution in [0.4, 0.5) is 5.69 Å². The van der Waals surface area contributed by atoms with Gasteiger partial charge < -0.3 is 9.64 Å². The molecule has 0 aliphatic carbocycles. The lowest BCUT2D eigenvalue weighted by Gasteiger charge is -2.24. The maximum Gasteiger partial charge on any atom is 0.267 e. The number of amides is 1. The molecule has 0 N–H and O–H groups in total. The van der Waals surface area contributed by atoms with Crippen LogP contribution in [-0.2, 0) is 4.79 Å². The topological polar surface area (TPSA) is 29.5 Å². The average molecular weight is 319 g/mol. The summed E-state index contributed by atoms with van der Waals surface area (Å²) in [5.41, 5.74) is 0.864. The van der Waals surface area contributed by atoms with Gasteiger partial charge in [0, 0.05) is 12.7 Å². The Morgan fingerprint density at radius 1 is 0.958 bits per heavy atom. The third kappa shape index (κ3) is 3.40. The number of ether oxygens (including phenoxy) is 1. The second kappa shape index (κ2) is 7.18. The second-order valence-electron chi connectivity index (χ2n) is 5.76. The normalized spacial score (nSPS) is 11.9. The molecule has 0 saturated heterocycles. The van der Waals surface area contributed by atoms with Gasteiger partial charge in [-0.25, -0.2) is 0 Å². The minimum absolute atomic E-state index is 0.0446. The summed E-state index contributed by atoms with van der Waals surface area (Å²) in [6.07, 6.45) is 0.111. The van der Waals surface area contributed by atoms with Gasteiger partial charge in [-0.05, 0) is 41.5 Å². The van der Waals surface area contributed by atoms with Gasteiger partial charge in [0.15, 0.2) is 6.10 Å². The molecule has 3 heteroatoms. The second-order valence-corrected chi connectivity index (χ2v) is 5.76. The van der Waals surface area contributed by atoms with Gasteiger partial charge in [-0.1, -0.05) is 55.5 Å². The van der Waals surface area contributed by atoms with E-state index in [1.807, 2.05) is 73.7 Å². The SMILES string of the molecule is CC[C@@H](Oc1ccc2ccccc2c1)C(=O)N(C)c1ccccc1. The van der Waals surface area contributed by atoms with Crippen LogP contribution < -0.4 is 9.64 Å². The zero-order valence-corrected chi connectivity index (χ0v) is 14.0. The number of rotatable bonds is 5. The van der Waals surface area contributed by atoms with E-state index >= 15 is 0 Å². The van der Waals surface area contributed by atoms with Crippen molar-refractivity contribution in [2.75, 3.05) is 11.9 Å². The highest BCUT2D eigenvalue weighted by Gasteiger charge is 2.23. The van der Waals surface area contributed by atoms with Gasteiger partial charge in [0.2, 0.25) is 0 Å². The van der Waals surface area contributed by atoms with E-state index in [0.29, 0.717) is 6.42 Å². The highest BCUT2D eigenvalue weighted by atomic mass is 16.5. The number of fused-ring (bicyclic) bond motifs is 1. The fraction of sp³-hybridized carbons (Fsp3) is 0.190. The molecule has 1 atom stereocenters. The maximum absolute atomic E-state index is 12.7. The van der Waals surface area contributed by atoms with Crippen molar-refractivity contribution in [1.29, 1.82) is 0 Å². The van der Waals surface area contributed by atoms with Crippen molar-refractivity contribution in [2.24, 2.45) is 0 Å². The number of hydrogen-bond acceptors (Lipinski definition) is 2. The Labute approximate surface area is 142 Å². The Morgan fingerprint density at radius 2 is 1.62 bits per heavy atom. The van der Waals surface area contributed by atoms with E-state index in [1.165, 1.54) is 0 Å². The monoisotopic (exact) mass is 319 g/mol. The number of para-hydroxylation sites is 1. The van der Waals surface area contributed by atoms with E-state index in [1.54, 1.807) is 11.9 Å². The molecular weight excluding hydrogens is 298 g/mol. The van der Waals surface area contributed by atoms with Crippen LogP contribution >= 0.6 is 0 Å². The molecule has 24 heavy (non-hydrogen) atoms. The van der Waals surface area contributed by atoms with Crippen molar-refractivity contribution in [1.82, 2.24) is 0 Å². The van der Waals surface area contributed by atoms with Gasteiger partial charge in [0.05, 0.1) is 0 Å². The predicted octanol–water partition coefficient (Wildman–Crippen LogP) is 4.66. The molecular formula is C21H21NO2. The van der Waals surface area contributed by atoms with Crippen LogP contribution in [0.3, 0.4) is 0 Å². The molecule has 3 rings (SSSR count).